The van der Waals surface area contributed by atoms with Gasteiger partial charge in [-0.15, -0.1) is 0 Å². The summed E-state index contributed by atoms with van der Waals surface area (Å²) >= 11 is 0. The quantitative estimate of drug-likeness (QED) is 0.300. The van der Waals surface area contributed by atoms with Crippen molar-refractivity contribution in [3.63, 3.8) is 0 Å². The van der Waals surface area contributed by atoms with Crippen molar-refractivity contribution in [2.24, 2.45) is 10.8 Å². The Morgan fingerprint density at radius 3 is 0.923 bits per heavy atom. The van der Waals surface area contributed by atoms with E-state index in [0.717, 1.165) is 51.4 Å². The summed E-state index contributed by atoms with van der Waals surface area (Å²) in [4.78, 5) is 24.4. The van der Waals surface area contributed by atoms with Gasteiger partial charge in [0.25, 0.3) is 0 Å². The fourth-order valence-corrected chi connectivity index (χ4v) is 3.93. The van der Waals surface area contributed by atoms with Gasteiger partial charge in [-0.05, 0) is 38.5 Å². The highest BCUT2D eigenvalue weighted by molar-refractivity contribution is 5.76. The Balaban J connectivity index is 5.50. The monoisotopic (exact) mass is 370 g/mol. The van der Waals surface area contributed by atoms with E-state index in [4.69, 9.17) is 0 Å². The van der Waals surface area contributed by atoms with Crippen molar-refractivity contribution < 1.29 is 19.8 Å². The number of hydrogen-bond donors (Lipinski definition) is 2. The summed E-state index contributed by atoms with van der Waals surface area (Å²) < 4.78 is 0. The molecule has 0 amide bonds. The number of aliphatic carboxylic acids is 2. The number of unbranched alkanes of at least 4 members (excludes halogenated alkanes) is 4. The van der Waals surface area contributed by atoms with Crippen LogP contribution in [0.2, 0.25) is 0 Å². The molecule has 0 atom stereocenters. The standard InChI is InChI=1S/C22H42O4/c1-5-9-13-21(19(23)24,14-10-6-2)17-18-22(20(25)26,15-11-7-3)16-12-8-4/h5-18H2,1-4H3,(H,23,24)(H,25,26). The van der Waals surface area contributed by atoms with Crippen molar-refractivity contribution in [2.75, 3.05) is 0 Å². The molecule has 4 heteroatoms. The van der Waals surface area contributed by atoms with Gasteiger partial charge in [0.1, 0.15) is 0 Å². The van der Waals surface area contributed by atoms with Crippen molar-refractivity contribution in [1.29, 1.82) is 0 Å². The molecule has 0 spiro atoms. The van der Waals surface area contributed by atoms with Crippen LogP contribution in [-0.2, 0) is 9.59 Å². The molecule has 2 N–H and O–H groups in total. The van der Waals surface area contributed by atoms with Crippen LogP contribution in [0.1, 0.15) is 118 Å². The van der Waals surface area contributed by atoms with Crippen LogP contribution in [0.5, 0.6) is 0 Å². The van der Waals surface area contributed by atoms with Crippen LogP contribution in [0.4, 0.5) is 0 Å². The van der Waals surface area contributed by atoms with Gasteiger partial charge in [-0.2, -0.15) is 0 Å². The molecule has 0 aromatic carbocycles. The van der Waals surface area contributed by atoms with E-state index in [1.807, 2.05) is 0 Å². The van der Waals surface area contributed by atoms with Crippen LogP contribution in [0.15, 0.2) is 0 Å². The molecule has 0 radical (unpaired) electrons. The fourth-order valence-electron chi connectivity index (χ4n) is 3.93. The van der Waals surface area contributed by atoms with Gasteiger partial charge in [-0.25, -0.2) is 0 Å². The van der Waals surface area contributed by atoms with Gasteiger partial charge in [0, 0.05) is 0 Å². The van der Waals surface area contributed by atoms with Crippen molar-refractivity contribution in [3.8, 4) is 0 Å². The van der Waals surface area contributed by atoms with Crippen LogP contribution >= 0.6 is 0 Å². The lowest BCUT2D eigenvalue weighted by Crippen LogP contribution is -2.37. The number of hydrogen-bond acceptors (Lipinski definition) is 2. The smallest absolute Gasteiger partial charge is 0.309 e. The topological polar surface area (TPSA) is 74.6 Å². The van der Waals surface area contributed by atoms with Gasteiger partial charge in [-0.3, -0.25) is 9.59 Å². The molecule has 0 aliphatic rings. The fraction of sp³-hybridized carbons (Fsp3) is 0.909. The summed E-state index contributed by atoms with van der Waals surface area (Å²) in [6, 6.07) is 0. The molecule has 0 saturated carbocycles. The van der Waals surface area contributed by atoms with E-state index in [1.165, 1.54) is 0 Å². The van der Waals surface area contributed by atoms with Crippen LogP contribution in [-0.4, -0.2) is 22.2 Å². The minimum absolute atomic E-state index is 0.488. The average Bonchev–Trinajstić information content (AvgIpc) is 2.62. The third kappa shape index (κ3) is 7.67. The Labute approximate surface area is 160 Å². The third-order valence-electron chi connectivity index (χ3n) is 6.02. The van der Waals surface area contributed by atoms with E-state index in [9.17, 15) is 19.8 Å². The first-order chi connectivity index (χ1) is 12.3. The molecular formula is C22H42O4. The third-order valence-corrected chi connectivity index (χ3v) is 6.02. The van der Waals surface area contributed by atoms with Gasteiger partial charge in [0.2, 0.25) is 0 Å². The minimum atomic E-state index is -0.759. The Hall–Kier alpha value is -1.06. The molecule has 4 nitrogen and oxygen atoms in total. The van der Waals surface area contributed by atoms with E-state index in [-0.39, 0.29) is 0 Å². The second-order valence-electron chi connectivity index (χ2n) is 8.09. The molecule has 0 aliphatic carbocycles. The van der Waals surface area contributed by atoms with Crippen LogP contribution in [0.25, 0.3) is 0 Å². The maximum absolute atomic E-state index is 12.2. The van der Waals surface area contributed by atoms with Gasteiger partial charge in [-0.1, -0.05) is 79.1 Å². The van der Waals surface area contributed by atoms with Crippen molar-refractivity contribution in [2.45, 2.75) is 118 Å². The molecular weight excluding hydrogens is 328 g/mol. The van der Waals surface area contributed by atoms with Crippen LogP contribution in [0, 0.1) is 10.8 Å². The second kappa shape index (κ2) is 13.2. The highest BCUT2D eigenvalue weighted by atomic mass is 16.4. The van der Waals surface area contributed by atoms with Crippen molar-refractivity contribution >= 4 is 11.9 Å². The second-order valence-corrected chi connectivity index (χ2v) is 8.09. The van der Waals surface area contributed by atoms with Gasteiger partial charge in [0.15, 0.2) is 0 Å². The Kier molecular flexibility index (Phi) is 12.6. The summed E-state index contributed by atoms with van der Waals surface area (Å²) in [5, 5.41) is 20.0. The molecule has 0 heterocycles. The van der Waals surface area contributed by atoms with E-state index in [0.29, 0.717) is 38.5 Å². The molecule has 0 rings (SSSR count). The number of carbonyl (C=O) groups is 2. The summed E-state index contributed by atoms with van der Waals surface area (Å²) in [5.74, 6) is -1.46. The first kappa shape index (κ1) is 24.9. The lowest BCUT2D eigenvalue weighted by Gasteiger charge is -2.36. The predicted octanol–water partition coefficient (Wildman–Crippen LogP) is 6.67. The molecule has 26 heavy (non-hydrogen) atoms. The molecule has 0 unspecified atom stereocenters. The largest absolute Gasteiger partial charge is 0.481 e. The van der Waals surface area contributed by atoms with Crippen molar-refractivity contribution in [3.05, 3.63) is 0 Å². The average molecular weight is 371 g/mol. The molecule has 154 valence electrons. The van der Waals surface area contributed by atoms with Crippen molar-refractivity contribution in [1.82, 2.24) is 0 Å². The zero-order valence-electron chi connectivity index (χ0n) is 17.6. The van der Waals surface area contributed by atoms with Crippen LogP contribution in [0.3, 0.4) is 0 Å². The lowest BCUT2D eigenvalue weighted by molar-refractivity contribution is -0.156. The molecule has 0 fully saturated rings. The Bertz CT molecular complexity index is 349. The van der Waals surface area contributed by atoms with E-state index < -0.39 is 22.8 Å². The summed E-state index contributed by atoms with van der Waals surface area (Å²) in [7, 11) is 0. The number of rotatable bonds is 17. The minimum Gasteiger partial charge on any atom is -0.481 e. The van der Waals surface area contributed by atoms with E-state index in [1.54, 1.807) is 0 Å². The maximum atomic E-state index is 12.2. The number of carboxylic acid groups (broad SMARTS) is 2. The zero-order valence-corrected chi connectivity index (χ0v) is 17.6. The number of carboxylic acids is 2. The summed E-state index contributed by atoms with van der Waals surface area (Å²) in [6.07, 6.45) is 11.1. The van der Waals surface area contributed by atoms with Gasteiger partial charge in [0.05, 0.1) is 10.8 Å². The first-order valence-electron chi connectivity index (χ1n) is 10.8. The molecule has 0 aromatic rings. The SMILES string of the molecule is CCCCC(CCCC)(CCC(CCCC)(CCCC)C(=O)O)C(=O)O. The Morgan fingerprint density at radius 2 is 0.769 bits per heavy atom. The Morgan fingerprint density at radius 1 is 0.538 bits per heavy atom. The zero-order chi connectivity index (χ0) is 20.1. The first-order valence-corrected chi connectivity index (χ1v) is 10.8. The van der Waals surface area contributed by atoms with Gasteiger partial charge >= 0.3 is 11.9 Å². The van der Waals surface area contributed by atoms with E-state index >= 15 is 0 Å². The molecule has 0 saturated heterocycles. The summed E-state index contributed by atoms with van der Waals surface area (Å²) in [6.45, 7) is 8.32. The van der Waals surface area contributed by atoms with Crippen LogP contribution < -0.4 is 0 Å². The maximum Gasteiger partial charge on any atom is 0.309 e. The molecule has 0 aliphatic heterocycles. The molecule has 0 bridgehead atoms. The van der Waals surface area contributed by atoms with Gasteiger partial charge < -0.3 is 10.2 Å². The normalized spacial score (nSPS) is 12.3. The molecule has 0 aromatic heterocycles. The van der Waals surface area contributed by atoms with E-state index in [2.05, 4.69) is 27.7 Å². The lowest BCUT2D eigenvalue weighted by atomic mass is 9.67. The predicted molar refractivity (Wildman–Crippen MR) is 107 cm³/mol. The summed E-state index contributed by atoms with van der Waals surface area (Å²) in [5.41, 5.74) is -1.52. The highest BCUT2D eigenvalue weighted by Crippen LogP contribution is 2.44. The highest BCUT2D eigenvalue weighted by Gasteiger charge is 2.43.